The molecule has 2 aromatic rings. The first-order valence-corrected chi connectivity index (χ1v) is 9.04. The van der Waals surface area contributed by atoms with E-state index in [2.05, 4.69) is 74.9 Å². The zero-order valence-corrected chi connectivity index (χ0v) is 14.2. The van der Waals surface area contributed by atoms with Gasteiger partial charge in [-0.3, -0.25) is 0 Å². The number of aromatic nitrogens is 1. The molecule has 0 radical (unpaired) electrons. The van der Waals surface area contributed by atoms with Crippen LogP contribution in [0.25, 0.3) is 10.9 Å². The number of para-hydroxylation sites is 1. The van der Waals surface area contributed by atoms with E-state index in [9.17, 15) is 0 Å². The van der Waals surface area contributed by atoms with Crippen LogP contribution in [0.2, 0.25) is 11.1 Å². The smallest absolute Gasteiger partial charge is 0.277 e. The van der Waals surface area contributed by atoms with Crippen molar-refractivity contribution in [3.05, 3.63) is 36.0 Å². The molecule has 1 aromatic heterocycles. The Morgan fingerprint density at radius 2 is 1.80 bits per heavy atom. The van der Waals surface area contributed by atoms with E-state index in [1.807, 2.05) is 6.21 Å². The number of hydrogen-bond acceptors (Lipinski definition) is 2. The monoisotopic (exact) mass is 288 g/mol. The lowest BCUT2D eigenvalue weighted by Gasteiger charge is -2.19. The maximum atomic E-state index is 5.83. The van der Waals surface area contributed by atoms with Crippen LogP contribution in [0.15, 0.2) is 35.6 Å². The number of hydrogen-bond donors (Lipinski definition) is 0. The van der Waals surface area contributed by atoms with Gasteiger partial charge in [0.2, 0.25) is 0 Å². The van der Waals surface area contributed by atoms with E-state index in [-0.39, 0.29) is 0 Å². The fourth-order valence-corrected chi connectivity index (χ4v) is 4.87. The minimum absolute atomic E-state index is 0.597. The van der Waals surface area contributed by atoms with Crippen molar-refractivity contribution >= 4 is 26.2 Å². The van der Waals surface area contributed by atoms with Crippen molar-refractivity contribution in [3.8, 4) is 0 Å². The summed E-state index contributed by atoms with van der Waals surface area (Å²) < 4.78 is 7.95. The number of nitrogens with zero attached hydrogens (tertiary/aromatic N) is 2. The average Bonchev–Trinajstić information content (AvgIpc) is 2.71. The van der Waals surface area contributed by atoms with E-state index < -0.39 is 9.04 Å². The number of rotatable bonds is 5. The summed E-state index contributed by atoms with van der Waals surface area (Å²) >= 11 is 0. The van der Waals surface area contributed by atoms with Crippen LogP contribution >= 0.6 is 0 Å². The molecule has 0 unspecified atom stereocenters. The average molecular weight is 288 g/mol. The van der Waals surface area contributed by atoms with Gasteiger partial charge in [0.25, 0.3) is 9.04 Å². The highest BCUT2D eigenvalue weighted by Crippen LogP contribution is 2.22. The van der Waals surface area contributed by atoms with Crippen molar-refractivity contribution in [2.45, 2.75) is 38.8 Å². The summed E-state index contributed by atoms with van der Waals surface area (Å²) in [7, 11) is 0.774. The molecule has 0 spiro atoms. The molecule has 0 amide bonds. The van der Waals surface area contributed by atoms with Crippen molar-refractivity contribution in [2.24, 2.45) is 12.2 Å². The van der Waals surface area contributed by atoms with Gasteiger partial charge in [0.1, 0.15) is 0 Å². The van der Waals surface area contributed by atoms with E-state index in [4.69, 9.17) is 4.53 Å². The molecule has 1 aromatic carbocycles. The second-order valence-electron chi connectivity index (χ2n) is 6.01. The molecule has 0 aliphatic heterocycles. The lowest BCUT2D eigenvalue weighted by Crippen LogP contribution is -2.23. The first-order chi connectivity index (χ1) is 9.50. The van der Waals surface area contributed by atoms with Gasteiger partial charge in [0.15, 0.2) is 0 Å². The molecule has 108 valence electrons. The van der Waals surface area contributed by atoms with Crippen molar-refractivity contribution in [1.82, 2.24) is 4.57 Å². The quantitative estimate of drug-likeness (QED) is 0.463. The predicted molar refractivity (Wildman–Crippen MR) is 88.9 cm³/mol. The molecule has 0 atom stereocenters. The summed E-state index contributed by atoms with van der Waals surface area (Å²) in [6, 6.07) is 8.35. The molecular weight excluding hydrogens is 264 g/mol. The minimum atomic E-state index is -1.28. The van der Waals surface area contributed by atoms with E-state index in [1.54, 1.807) is 0 Å². The van der Waals surface area contributed by atoms with Crippen LogP contribution in [0.3, 0.4) is 0 Å². The lowest BCUT2D eigenvalue weighted by atomic mass is 10.2. The summed E-state index contributed by atoms with van der Waals surface area (Å²) in [6.45, 7) is 8.91. The topological polar surface area (TPSA) is 26.5 Å². The molecule has 20 heavy (non-hydrogen) atoms. The largest absolute Gasteiger partial charge is 0.458 e. The Morgan fingerprint density at radius 1 is 1.15 bits per heavy atom. The van der Waals surface area contributed by atoms with Gasteiger partial charge in [0.05, 0.1) is 6.21 Å². The molecule has 3 nitrogen and oxygen atoms in total. The van der Waals surface area contributed by atoms with Crippen LogP contribution in [0.5, 0.6) is 0 Å². The van der Waals surface area contributed by atoms with Gasteiger partial charge >= 0.3 is 0 Å². The highest BCUT2D eigenvalue weighted by molar-refractivity contribution is 6.54. The Labute approximate surface area is 123 Å². The van der Waals surface area contributed by atoms with Gasteiger partial charge in [-0.25, -0.2) is 0 Å². The zero-order chi connectivity index (χ0) is 14.7. The third-order valence-electron chi connectivity index (χ3n) is 3.62. The summed E-state index contributed by atoms with van der Waals surface area (Å²) in [5.41, 5.74) is 3.53. The second-order valence-corrected chi connectivity index (χ2v) is 9.81. The first kappa shape index (κ1) is 14.8. The van der Waals surface area contributed by atoms with Gasteiger partial charge < -0.3 is 9.09 Å². The number of aryl methyl sites for hydroxylation is 1. The van der Waals surface area contributed by atoms with Gasteiger partial charge in [-0.2, -0.15) is 0 Å². The first-order valence-electron chi connectivity index (χ1n) is 7.24. The van der Waals surface area contributed by atoms with Crippen LogP contribution in [-0.2, 0) is 11.6 Å². The highest BCUT2D eigenvalue weighted by Gasteiger charge is 2.22. The number of fused-ring (bicyclic) bond motifs is 1. The van der Waals surface area contributed by atoms with Crippen LogP contribution < -0.4 is 0 Å². The summed E-state index contributed by atoms with van der Waals surface area (Å²) in [5, 5.41) is 5.49. The molecule has 0 aliphatic carbocycles. The summed E-state index contributed by atoms with van der Waals surface area (Å²) in [4.78, 5) is 0. The van der Waals surface area contributed by atoms with Crippen molar-refractivity contribution in [1.29, 1.82) is 0 Å². The molecule has 0 fully saturated rings. The SMILES string of the molecule is CC(C)[SiH](ON=Cc1cn(C)c2ccccc12)C(C)C. The Balaban J connectivity index is 2.18. The standard InChI is InChI=1S/C16H24N2OSi/c1-12(2)20(13(3)4)19-17-10-14-11-18(5)16-9-7-6-8-15(14)16/h6-13,20H,1-5H3. The molecule has 1 heterocycles. The molecule has 4 heteroatoms. The van der Waals surface area contributed by atoms with Gasteiger partial charge in [-0.1, -0.05) is 45.9 Å². The molecular formula is C16H24N2OSi. The third-order valence-corrected chi connectivity index (χ3v) is 6.61. The second kappa shape index (κ2) is 6.26. The van der Waals surface area contributed by atoms with Crippen molar-refractivity contribution in [2.75, 3.05) is 0 Å². The molecule has 0 aliphatic rings. The molecule has 0 N–H and O–H groups in total. The van der Waals surface area contributed by atoms with E-state index >= 15 is 0 Å². The highest BCUT2D eigenvalue weighted by atomic mass is 28.3. The maximum absolute atomic E-state index is 5.83. The Hall–Kier alpha value is -1.55. The van der Waals surface area contributed by atoms with E-state index in [0.717, 1.165) is 5.56 Å². The van der Waals surface area contributed by atoms with Crippen LogP contribution in [0, 0.1) is 0 Å². The van der Waals surface area contributed by atoms with Gasteiger partial charge in [-0.15, -0.1) is 5.16 Å². The number of benzene rings is 1. The lowest BCUT2D eigenvalue weighted by molar-refractivity contribution is 0.332. The summed E-state index contributed by atoms with van der Waals surface area (Å²) in [5.74, 6) is 0. The van der Waals surface area contributed by atoms with Gasteiger partial charge in [0, 0.05) is 29.7 Å². The fourth-order valence-electron chi connectivity index (χ4n) is 2.65. The number of oxime groups is 1. The minimum Gasteiger partial charge on any atom is -0.458 e. The van der Waals surface area contributed by atoms with Crippen LogP contribution in [-0.4, -0.2) is 19.8 Å². The Bertz CT molecular complexity index is 594. The van der Waals surface area contributed by atoms with Crippen LogP contribution in [0.1, 0.15) is 33.3 Å². The van der Waals surface area contributed by atoms with Crippen molar-refractivity contribution in [3.63, 3.8) is 0 Å². The Morgan fingerprint density at radius 3 is 2.45 bits per heavy atom. The summed E-state index contributed by atoms with van der Waals surface area (Å²) in [6.07, 6.45) is 3.95. The predicted octanol–water partition coefficient (Wildman–Crippen LogP) is 4.07. The maximum Gasteiger partial charge on any atom is 0.277 e. The van der Waals surface area contributed by atoms with Gasteiger partial charge in [-0.05, 0) is 17.1 Å². The third kappa shape index (κ3) is 3.12. The molecule has 0 saturated carbocycles. The Kier molecular flexibility index (Phi) is 4.65. The van der Waals surface area contributed by atoms with Crippen LogP contribution in [0.4, 0.5) is 0 Å². The molecule has 0 saturated heterocycles. The normalized spacial score (nSPS) is 12.4. The molecule has 2 rings (SSSR count). The van der Waals surface area contributed by atoms with Crippen molar-refractivity contribution < 1.29 is 4.53 Å². The van der Waals surface area contributed by atoms with E-state index in [0.29, 0.717) is 11.1 Å². The fraction of sp³-hybridized carbons (Fsp3) is 0.438. The van der Waals surface area contributed by atoms with E-state index in [1.165, 1.54) is 10.9 Å². The zero-order valence-electron chi connectivity index (χ0n) is 13.0. The molecule has 0 bridgehead atoms.